The number of likely N-dealkylation sites (tertiary alicyclic amines) is 1. The number of aliphatic hydroxyl groups excluding tert-OH is 1. The van der Waals surface area contributed by atoms with Crippen molar-refractivity contribution in [3.8, 4) is 0 Å². The first-order chi connectivity index (χ1) is 8.38. The monoisotopic (exact) mass is 241 g/mol. The van der Waals surface area contributed by atoms with Crippen LogP contribution in [0.3, 0.4) is 0 Å². The summed E-state index contributed by atoms with van der Waals surface area (Å²) in [5.74, 6) is 0. The first-order valence-electron chi connectivity index (χ1n) is 7.16. The third-order valence-electron chi connectivity index (χ3n) is 4.03. The van der Waals surface area contributed by atoms with Gasteiger partial charge in [0.2, 0.25) is 0 Å². The average molecular weight is 241 g/mol. The van der Waals surface area contributed by atoms with Gasteiger partial charge in [-0.05, 0) is 45.4 Å². The van der Waals surface area contributed by atoms with E-state index in [1.165, 1.54) is 58.5 Å². The summed E-state index contributed by atoms with van der Waals surface area (Å²) in [4.78, 5) is 7.53. The van der Waals surface area contributed by atoms with Crippen LogP contribution in [0, 0.1) is 0 Å². The fourth-order valence-electron chi connectivity index (χ4n) is 2.90. The minimum absolute atomic E-state index is 0.301. The van der Waals surface area contributed by atoms with E-state index in [2.05, 4.69) is 14.7 Å². The lowest BCUT2D eigenvalue weighted by Crippen LogP contribution is -2.47. The Balaban J connectivity index is 1.52. The van der Waals surface area contributed by atoms with E-state index < -0.39 is 0 Å². The molecule has 1 N–H and O–H groups in total. The maximum absolute atomic E-state index is 8.89. The summed E-state index contributed by atoms with van der Waals surface area (Å²) in [6.45, 7) is 11.0. The zero-order chi connectivity index (χ0) is 11.9. The molecule has 100 valence electrons. The van der Waals surface area contributed by atoms with Crippen molar-refractivity contribution in [3.63, 3.8) is 0 Å². The molecule has 0 saturated carbocycles. The Hall–Kier alpha value is -0.160. The van der Waals surface area contributed by atoms with Crippen LogP contribution in [0.2, 0.25) is 0 Å². The summed E-state index contributed by atoms with van der Waals surface area (Å²) in [6.07, 6.45) is 4.12. The molecule has 2 heterocycles. The Labute approximate surface area is 105 Å². The molecule has 2 saturated heterocycles. The summed E-state index contributed by atoms with van der Waals surface area (Å²) in [5.41, 5.74) is 0. The summed E-state index contributed by atoms with van der Waals surface area (Å²) in [7, 11) is 0. The van der Waals surface area contributed by atoms with Gasteiger partial charge in [0.15, 0.2) is 0 Å². The third-order valence-corrected chi connectivity index (χ3v) is 4.03. The van der Waals surface area contributed by atoms with Gasteiger partial charge < -0.3 is 14.9 Å². The second kappa shape index (κ2) is 7.31. The van der Waals surface area contributed by atoms with Crippen LogP contribution in [0.5, 0.6) is 0 Å². The fourth-order valence-corrected chi connectivity index (χ4v) is 2.90. The van der Waals surface area contributed by atoms with Gasteiger partial charge in [0.25, 0.3) is 0 Å². The van der Waals surface area contributed by atoms with Gasteiger partial charge in [-0.15, -0.1) is 0 Å². The number of nitrogens with zero attached hydrogens (tertiary/aromatic N) is 3. The molecule has 2 fully saturated rings. The molecule has 17 heavy (non-hydrogen) atoms. The second-order valence-corrected chi connectivity index (χ2v) is 5.31. The van der Waals surface area contributed by atoms with E-state index >= 15 is 0 Å². The molecular formula is C13H27N3O. The smallest absolute Gasteiger partial charge is 0.0558 e. The first-order valence-corrected chi connectivity index (χ1v) is 7.16. The van der Waals surface area contributed by atoms with Crippen molar-refractivity contribution in [1.29, 1.82) is 0 Å². The third kappa shape index (κ3) is 4.54. The van der Waals surface area contributed by atoms with Gasteiger partial charge in [0, 0.05) is 32.7 Å². The number of piperazine rings is 1. The molecule has 0 bridgehead atoms. The summed E-state index contributed by atoms with van der Waals surface area (Å²) >= 11 is 0. The minimum atomic E-state index is 0.301. The predicted octanol–water partition coefficient (Wildman–Crippen LogP) is 0.0822. The Bertz CT molecular complexity index is 199. The van der Waals surface area contributed by atoms with E-state index in [4.69, 9.17) is 5.11 Å². The van der Waals surface area contributed by atoms with Crippen LogP contribution in [-0.4, -0.2) is 85.3 Å². The van der Waals surface area contributed by atoms with E-state index in [-0.39, 0.29) is 0 Å². The van der Waals surface area contributed by atoms with Crippen molar-refractivity contribution in [3.05, 3.63) is 0 Å². The molecule has 2 rings (SSSR count). The highest BCUT2D eigenvalue weighted by Gasteiger charge is 2.16. The van der Waals surface area contributed by atoms with Gasteiger partial charge in [0.1, 0.15) is 0 Å². The van der Waals surface area contributed by atoms with Crippen LogP contribution in [0.1, 0.15) is 19.3 Å². The lowest BCUT2D eigenvalue weighted by atomic mass is 10.3. The quantitative estimate of drug-likeness (QED) is 0.713. The SMILES string of the molecule is OCCN1CCN(CCCN2CCCC2)CC1. The lowest BCUT2D eigenvalue weighted by Gasteiger charge is -2.34. The van der Waals surface area contributed by atoms with E-state index in [0.29, 0.717) is 6.61 Å². The first kappa shape index (κ1) is 13.3. The predicted molar refractivity (Wildman–Crippen MR) is 70.3 cm³/mol. The van der Waals surface area contributed by atoms with Crippen molar-refractivity contribution >= 4 is 0 Å². The second-order valence-electron chi connectivity index (χ2n) is 5.31. The highest BCUT2D eigenvalue weighted by atomic mass is 16.3. The Kier molecular flexibility index (Phi) is 5.71. The molecule has 2 aliphatic rings. The number of hydrogen-bond acceptors (Lipinski definition) is 4. The van der Waals surface area contributed by atoms with Crippen LogP contribution >= 0.6 is 0 Å². The Morgan fingerprint density at radius 3 is 1.65 bits per heavy atom. The van der Waals surface area contributed by atoms with Crippen LogP contribution < -0.4 is 0 Å². The molecule has 0 aliphatic carbocycles. The van der Waals surface area contributed by atoms with E-state index in [0.717, 1.165) is 19.6 Å². The molecule has 0 atom stereocenters. The number of β-amino-alcohol motifs (C(OH)–C–C–N with tert-alkyl or cyclic N) is 1. The highest BCUT2D eigenvalue weighted by molar-refractivity contribution is 4.73. The summed E-state index contributed by atoms with van der Waals surface area (Å²) in [5, 5.41) is 8.89. The minimum Gasteiger partial charge on any atom is -0.395 e. The van der Waals surface area contributed by atoms with Crippen molar-refractivity contribution in [2.45, 2.75) is 19.3 Å². The number of aliphatic hydroxyl groups is 1. The average Bonchev–Trinajstić information content (AvgIpc) is 2.85. The number of hydrogen-bond donors (Lipinski definition) is 1. The molecule has 0 unspecified atom stereocenters. The molecule has 4 nitrogen and oxygen atoms in total. The van der Waals surface area contributed by atoms with Crippen molar-refractivity contribution in [1.82, 2.24) is 14.7 Å². The maximum atomic E-state index is 8.89. The molecule has 0 aromatic heterocycles. The Morgan fingerprint density at radius 1 is 0.647 bits per heavy atom. The van der Waals surface area contributed by atoms with E-state index in [1.54, 1.807) is 0 Å². The van der Waals surface area contributed by atoms with Gasteiger partial charge in [-0.25, -0.2) is 0 Å². The van der Waals surface area contributed by atoms with Gasteiger partial charge in [-0.3, -0.25) is 4.90 Å². The van der Waals surface area contributed by atoms with Crippen LogP contribution in [0.4, 0.5) is 0 Å². The normalized spacial score (nSPS) is 24.5. The van der Waals surface area contributed by atoms with Gasteiger partial charge >= 0.3 is 0 Å². The summed E-state index contributed by atoms with van der Waals surface area (Å²) in [6, 6.07) is 0. The van der Waals surface area contributed by atoms with Crippen molar-refractivity contribution in [2.24, 2.45) is 0 Å². The topological polar surface area (TPSA) is 30.0 Å². The molecule has 2 aliphatic heterocycles. The number of rotatable bonds is 6. The van der Waals surface area contributed by atoms with Crippen molar-refractivity contribution in [2.75, 3.05) is 65.5 Å². The summed E-state index contributed by atoms with van der Waals surface area (Å²) < 4.78 is 0. The molecule has 0 aromatic rings. The molecule has 0 radical (unpaired) electrons. The van der Waals surface area contributed by atoms with Gasteiger partial charge in [0.05, 0.1) is 6.61 Å². The van der Waals surface area contributed by atoms with Crippen LogP contribution in [0.15, 0.2) is 0 Å². The zero-order valence-corrected chi connectivity index (χ0v) is 11.0. The van der Waals surface area contributed by atoms with Gasteiger partial charge in [-0.2, -0.15) is 0 Å². The van der Waals surface area contributed by atoms with Gasteiger partial charge in [-0.1, -0.05) is 0 Å². The fraction of sp³-hybridized carbons (Fsp3) is 1.00. The standard InChI is InChI=1S/C13H27N3O/c17-13-12-16-10-8-15(9-11-16)7-3-6-14-4-1-2-5-14/h17H,1-13H2. The largest absolute Gasteiger partial charge is 0.395 e. The van der Waals surface area contributed by atoms with Crippen LogP contribution in [-0.2, 0) is 0 Å². The highest BCUT2D eigenvalue weighted by Crippen LogP contribution is 2.08. The Morgan fingerprint density at radius 2 is 1.12 bits per heavy atom. The lowest BCUT2D eigenvalue weighted by molar-refractivity contribution is 0.109. The molecule has 0 amide bonds. The van der Waals surface area contributed by atoms with E-state index in [9.17, 15) is 0 Å². The van der Waals surface area contributed by atoms with Crippen molar-refractivity contribution < 1.29 is 5.11 Å². The molecular weight excluding hydrogens is 214 g/mol. The van der Waals surface area contributed by atoms with E-state index in [1.807, 2.05) is 0 Å². The van der Waals surface area contributed by atoms with Crippen LogP contribution in [0.25, 0.3) is 0 Å². The molecule has 4 heteroatoms. The molecule has 0 aromatic carbocycles. The molecule has 0 spiro atoms. The zero-order valence-electron chi connectivity index (χ0n) is 11.0. The maximum Gasteiger partial charge on any atom is 0.0558 e.